The second-order valence-corrected chi connectivity index (χ2v) is 2.76. The highest BCUT2D eigenvalue weighted by Crippen LogP contribution is 2.29. The van der Waals surface area contributed by atoms with Crippen LogP contribution in [0.25, 0.3) is 0 Å². The van der Waals surface area contributed by atoms with Crippen molar-refractivity contribution in [3.8, 4) is 0 Å². The quantitative estimate of drug-likeness (QED) is 0.563. The van der Waals surface area contributed by atoms with Gasteiger partial charge >= 0.3 is 12.1 Å². The second kappa shape index (κ2) is 3.98. The van der Waals surface area contributed by atoms with Crippen LogP contribution in [0.3, 0.4) is 0 Å². The standard InChI is InChI=1S/C9H7F4NO/c1-14-8(15)6-3-2-5(4-7(6)10)9(11,12)13/h2-4H,1,14H2. The number of carbonyl (C=O) groups excluding carboxylic acids is 1. The summed E-state index contributed by atoms with van der Waals surface area (Å²) >= 11 is 0. The molecule has 0 atom stereocenters. The predicted molar refractivity (Wildman–Crippen MR) is 43.0 cm³/mol. The van der Waals surface area contributed by atoms with Crippen molar-refractivity contribution in [2.24, 2.45) is 0 Å². The number of quaternary nitrogens is 1. The normalized spacial score (nSPS) is 11.5. The molecule has 0 aliphatic rings. The van der Waals surface area contributed by atoms with E-state index in [1.54, 1.807) is 0 Å². The van der Waals surface area contributed by atoms with Crippen LogP contribution in [0.5, 0.6) is 0 Å². The average molecular weight is 221 g/mol. The third-order valence-electron chi connectivity index (χ3n) is 1.75. The number of alkyl halides is 3. The minimum Gasteiger partial charge on any atom is -0.411 e. The molecule has 0 fully saturated rings. The van der Waals surface area contributed by atoms with E-state index < -0.39 is 29.0 Å². The van der Waals surface area contributed by atoms with Gasteiger partial charge in [-0.25, -0.2) is 9.18 Å². The molecule has 1 aromatic carbocycles. The van der Waals surface area contributed by atoms with E-state index in [0.29, 0.717) is 6.07 Å². The SMILES string of the molecule is [CH2-][NH2+]C(=O)c1ccc(C(F)(F)F)cc1F. The Bertz CT molecular complexity index is 386. The van der Waals surface area contributed by atoms with E-state index in [2.05, 4.69) is 7.05 Å². The summed E-state index contributed by atoms with van der Waals surface area (Å²) < 4.78 is 49.4. The topological polar surface area (TPSA) is 33.7 Å². The van der Waals surface area contributed by atoms with E-state index >= 15 is 0 Å². The second-order valence-electron chi connectivity index (χ2n) is 2.76. The van der Waals surface area contributed by atoms with Crippen LogP contribution < -0.4 is 5.32 Å². The van der Waals surface area contributed by atoms with Crippen LogP contribution in [0.2, 0.25) is 0 Å². The summed E-state index contributed by atoms with van der Waals surface area (Å²) in [6.45, 7) is 0. The first-order chi connectivity index (χ1) is 6.86. The van der Waals surface area contributed by atoms with Gasteiger partial charge in [-0.05, 0) is 18.2 Å². The van der Waals surface area contributed by atoms with E-state index in [4.69, 9.17) is 0 Å². The molecule has 1 amide bonds. The molecule has 0 heterocycles. The van der Waals surface area contributed by atoms with Crippen molar-refractivity contribution in [3.63, 3.8) is 0 Å². The lowest BCUT2D eigenvalue weighted by Gasteiger charge is -2.07. The van der Waals surface area contributed by atoms with Crippen LogP contribution >= 0.6 is 0 Å². The molecule has 2 N–H and O–H groups in total. The van der Waals surface area contributed by atoms with E-state index in [0.717, 1.165) is 11.4 Å². The van der Waals surface area contributed by atoms with Crippen LogP contribution in [0, 0.1) is 12.9 Å². The van der Waals surface area contributed by atoms with Crippen molar-refractivity contribution in [3.05, 3.63) is 42.2 Å². The molecule has 82 valence electrons. The van der Waals surface area contributed by atoms with Gasteiger partial charge in [0, 0.05) is 0 Å². The number of primary amides is 1. The predicted octanol–water partition coefficient (Wildman–Crippen LogP) is 1.34. The minimum atomic E-state index is -4.61. The summed E-state index contributed by atoms with van der Waals surface area (Å²) in [5.74, 6) is -1.95. The van der Waals surface area contributed by atoms with Gasteiger partial charge in [-0.3, -0.25) is 0 Å². The number of carbonyl (C=O) groups is 1. The van der Waals surface area contributed by atoms with Crippen LogP contribution in [0.15, 0.2) is 18.2 Å². The van der Waals surface area contributed by atoms with E-state index in [9.17, 15) is 22.4 Å². The summed E-state index contributed by atoms with van der Waals surface area (Å²) in [6, 6.07) is 1.73. The molecule has 1 rings (SSSR count). The van der Waals surface area contributed by atoms with Gasteiger partial charge < -0.3 is 5.32 Å². The van der Waals surface area contributed by atoms with Gasteiger partial charge in [-0.2, -0.15) is 13.2 Å². The smallest absolute Gasteiger partial charge is 0.411 e. The molecule has 0 aliphatic carbocycles. The Labute approximate surface area is 82.9 Å². The monoisotopic (exact) mass is 221 g/mol. The molecule has 2 nitrogen and oxygen atoms in total. The highest BCUT2D eigenvalue weighted by atomic mass is 19.4. The zero-order valence-corrected chi connectivity index (χ0v) is 7.44. The third-order valence-corrected chi connectivity index (χ3v) is 1.75. The fraction of sp³-hybridized carbons (Fsp3) is 0.111. The molecule has 0 spiro atoms. The average Bonchev–Trinajstić information content (AvgIpc) is 2.15. The van der Waals surface area contributed by atoms with Gasteiger partial charge in [0.05, 0.1) is 5.56 Å². The number of hydrogen-bond donors (Lipinski definition) is 1. The lowest BCUT2D eigenvalue weighted by atomic mass is 10.1. The number of halogens is 4. The fourth-order valence-corrected chi connectivity index (χ4v) is 1.00. The Morgan fingerprint density at radius 2 is 1.93 bits per heavy atom. The number of amides is 1. The maximum absolute atomic E-state index is 13.0. The largest absolute Gasteiger partial charge is 0.416 e. The summed E-state index contributed by atoms with van der Waals surface area (Å²) in [6.07, 6.45) is -4.61. The molecular weight excluding hydrogens is 214 g/mol. The van der Waals surface area contributed by atoms with Crippen molar-refractivity contribution >= 4 is 5.91 Å². The molecular formula is C9H7F4NO. The van der Waals surface area contributed by atoms with E-state index in [1.807, 2.05) is 0 Å². The fourth-order valence-electron chi connectivity index (χ4n) is 1.00. The highest BCUT2D eigenvalue weighted by molar-refractivity contribution is 5.86. The molecule has 0 aromatic heterocycles. The summed E-state index contributed by atoms with van der Waals surface area (Å²) in [5, 5.41) is 0.839. The number of benzene rings is 1. The van der Waals surface area contributed by atoms with Crippen molar-refractivity contribution in [1.82, 2.24) is 0 Å². The van der Waals surface area contributed by atoms with Gasteiger partial charge in [-0.15, -0.1) is 7.05 Å². The zero-order chi connectivity index (χ0) is 11.6. The summed E-state index contributed by atoms with van der Waals surface area (Å²) in [7, 11) is 3.11. The van der Waals surface area contributed by atoms with E-state index in [1.165, 1.54) is 0 Å². The Morgan fingerprint density at radius 3 is 2.33 bits per heavy atom. The van der Waals surface area contributed by atoms with Gasteiger partial charge in [0.25, 0.3) is 0 Å². The first-order valence-electron chi connectivity index (χ1n) is 3.90. The Hall–Kier alpha value is -1.43. The Morgan fingerprint density at radius 1 is 1.33 bits per heavy atom. The Kier molecular flexibility index (Phi) is 3.09. The minimum absolute atomic E-state index is 0.288. The maximum atomic E-state index is 13.0. The molecule has 15 heavy (non-hydrogen) atoms. The summed E-state index contributed by atoms with van der Waals surface area (Å²) in [4.78, 5) is 11.0. The van der Waals surface area contributed by atoms with Crippen LogP contribution in [0.1, 0.15) is 15.9 Å². The van der Waals surface area contributed by atoms with Gasteiger partial charge in [0.2, 0.25) is 0 Å². The first-order valence-corrected chi connectivity index (χ1v) is 3.90. The summed E-state index contributed by atoms with van der Waals surface area (Å²) in [5.41, 5.74) is -1.54. The number of hydrogen-bond acceptors (Lipinski definition) is 1. The highest BCUT2D eigenvalue weighted by Gasteiger charge is 2.31. The molecule has 6 heteroatoms. The van der Waals surface area contributed by atoms with Gasteiger partial charge in [0.15, 0.2) is 0 Å². The van der Waals surface area contributed by atoms with Gasteiger partial charge in [0.1, 0.15) is 11.4 Å². The third kappa shape index (κ3) is 2.53. The van der Waals surface area contributed by atoms with Crippen molar-refractivity contribution in [2.75, 3.05) is 0 Å². The molecule has 0 radical (unpaired) electrons. The van der Waals surface area contributed by atoms with Crippen LogP contribution in [0.4, 0.5) is 17.6 Å². The molecule has 0 saturated heterocycles. The number of nitrogens with two attached hydrogens (primary N) is 1. The lowest BCUT2D eigenvalue weighted by molar-refractivity contribution is -0.489. The first kappa shape index (κ1) is 11.6. The van der Waals surface area contributed by atoms with Crippen LogP contribution in [-0.4, -0.2) is 5.91 Å². The van der Waals surface area contributed by atoms with Crippen molar-refractivity contribution in [2.45, 2.75) is 6.18 Å². The van der Waals surface area contributed by atoms with Crippen molar-refractivity contribution in [1.29, 1.82) is 0 Å². The van der Waals surface area contributed by atoms with Crippen molar-refractivity contribution < 1.29 is 27.7 Å². The lowest BCUT2D eigenvalue weighted by Crippen LogP contribution is -2.81. The maximum Gasteiger partial charge on any atom is 0.416 e. The molecule has 1 aromatic rings. The Balaban J connectivity index is 3.15. The van der Waals surface area contributed by atoms with Crippen LogP contribution in [-0.2, 0) is 6.18 Å². The molecule has 0 aliphatic heterocycles. The van der Waals surface area contributed by atoms with E-state index in [-0.39, 0.29) is 6.07 Å². The molecule has 0 unspecified atom stereocenters. The van der Waals surface area contributed by atoms with Gasteiger partial charge in [-0.1, -0.05) is 0 Å². The molecule has 0 bridgehead atoms. The molecule has 0 saturated carbocycles. The number of rotatable bonds is 1. The zero-order valence-electron chi connectivity index (χ0n) is 7.44.